The van der Waals surface area contributed by atoms with Crippen LogP contribution in [0.4, 0.5) is 0 Å². The Morgan fingerprint density at radius 3 is 1.70 bits per heavy atom. The number of nitrogens with zero attached hydrogens (tertiary/aromatic N) is 1. The van der Waals surface area contributed by atoms with E-state index in [1.807, 2.05) is 0 Å². The first-order chi connectivity index (χ1) is 22.8. The molecule has 0 bridgehead atoms. The largest absolute Gasteiger partial charge is 0.494 e. The maximum atomic E-state index is 6.52. The standard InChI is InChI=1S/C43H34BNO2/c1-41(2)42(3,4)47-44(46-41)27-22-25-38-33(26-27)31-23-24-37-39(40(31)45(38)28-14-6-5-7-15-28)32-18-10-13-21-36(32)43(37)34-19-11-8-16-29(34)30-17-9-12-20-35(30)43/h5-26H,1-4H3. The first-order valence-electron chi connectivity index (χ1n) is 16.6. The highest BCUT2D eigenvalue weighted by Gasteiger charge is 2.53. The molecule has 6 aromatic carbocycles. The molecule has 7 aromatic rings. The Labute approximate surface area is 275 Å². The van der Waals surface area contributed by atoms with E-state index in [0.29, 0.717) is 0 Å². The van der Waals surface area contributed by atoms with Gasteiger partial charge in [-0.1, -0.05) is 115 Å². The summed E-state index contributed by atoms with van der Waals surface area (Å²) in [5.74, 6) is 0. The molecule has 3 aliphatic rings. The molecule has 0 saturated carbocycles. The van der Waals surface area contributed by atoms with E-state index in [1.54, 1.807) is 0 Å². The summed E-state index contributed by atoms with van der Waals surface area (Å²) in [7, 11) is -0.426. The fraction of sp³-hybridized carbons (Fsp3) is 0.163. The zero-order chi connectivity index (χ0) is 31.7. The number of para-hydroxylation sites is 1. The van der Waals surface area contributed by atoms with Crippen LogP contribution >= 0.6 is 0 Å². The normalized spacial score (nSPS) is 17.7. The smallest absolute Gasteiger partial charge is 0.399 e. The molecule has 1 saturated heterocycles. The maximum absolute atomic E-state index is 6.52. The summed E-state index contributed by atoms with van der Waals surface area (Å²) >= 11 is 0. The molecule has 0 radical (unpaired) electrons. The zero-order valence-electron chi connectivity index (χ0n) is 27.0. The predicted molar refractivity (Wildman–Crippen MR) is 193 cm³/mol. The van der Waals surface area contributed by atoms with Crippen molar-refractivity contribution >= 4 is 34.4 Å². The van der Waals surface area contributed by atoms with E-state index in [0.717, 1.165) is 11.2 Å². The van der Waals surface area contributed by atoms with Crippen molar-refractivity contribution in [3.8, 4) is 27.9 Å². The second-order valence-corrected chi connectivity index (χ2v) is 14.3. The Balaban J connectivity index is 1.33. The molecule has 2 heterocycles. The van der Waals surface area contributed by atoms with Crippen LogP contribution < -0.4 is 5.46 Å². The topological polar surface area (TPSA) is 23.4 Å². The minimum atomic E-state index is -0.426. The van der Waals surface area contributed by atoms with E-state index in [1.165, 1.54) is 66.3 Å². The van der Waals surface area contributed by atoms with Gasteiger partial charge in [0.2, 0.25) is 0 Å². The van der Waals surface area contributed by atoms with Gasteiger partial charge < -0.3 is 13.9 Å². The highest BCUT2D eigenvalue weighted by molar-refractivity contribution is 6.62. The Bertz CT molecular complexity index is 2380. The molecule has 3 nitrogen and oxygen atoms in total. The molecule has 1 aromatic heterocycles. The van der Waals surface area contributed by atoms with Gasteiger partial charge in [0.15, 0.2) is 0 Å². The van der Waals surface area contributed by atoms with Gasteiger partial charge in [0, 0.05) is 22.0 Å². The zero-order valence-corrected chi connectivity index (χ0v) is 27.0. The highest BCUT2D eigenvalue weighted by Crippen LogP contribution is 2.64. The van der Waals surface area contributed by atoms with E-state index < -0.39 is 18.3 Å². The Hall–Kier alpha value is -4.90. The van der Waals surface area contributed by atoms with Gasteiger partial charge in [-0.15, -0.1) is 0 Å². The molecule has 1 fully saturated rings. The summed E-state index contributed by atoms with van der Waals surface area (Å²) in [6.07, 6.45) is 0. The number of fused-ring (bicyclic) bond motifs is 14. The van der Waals surface area contributed by atoms with Crippen LogP contribution in [0, 0.1) is 0 Å². The van der Waals surface area contributed by atoms with E-state index in [-0.39, 0.29) is 5.41 Å². The van der Waals surface area contributed by atoms with E-state index in [9.17, 15) is 0 Å². The van der Waals surface area contributed by atoms with Gasteiger partial charge in [-0.3, -0.25) is 0 Å². The van der Waals surface area contributed by atoms with Crippen LogP contribution in [0.1, 0.15) is 49.9 Å². The van der Waals surface area contributed by atoms with Gasteiger partial charge in [-0.05, 0) is 90.3 Å². The van der Waals surface area contributed by atoms with Gasteiger partial charge >= 0.3 is 7.12 Å². The summed E-state index contributed by atoms with van der Waals surface area (Å²) in [6.45, 7) is 8.46. The number of rotatable bonds is 2. The predicted octanol–water partition coefficient (Wildman–Crippen LogP) is 9.43. The van der Waals surface area contributed by atoms with Gasteiger partial charge in [0.25, 0.3) is 0 Å². The fourth-order valence-corrected chi connectivity index (χ4v) is 8.67. The maximum Gasteiger partial charge on any atom is 0.494 e. The minimum absolute atomic E-state index is 0.390. The van der Waals surface area contributed by atoms with Crippen molar-refractivity contribution in [2.45, 2.75) is 44.3 Å². The van der Waals surface area contributed by atoms with Crippen LogP contribution in [-0.2, 0) is 14.7 Å². The van der Waals surface area contributed by atoms with Crippen molar-refractivity contribution in [1.82, 2.24) is 4.57 Å². The number of hydrogen-bond donors (Lipinski definition) is 0. The van der Waals surface area contributed by atoms with Crippen molar-refractivity contribution in [3.63, 3.8) is 0 Å². The van der Waals surface area contributed by atoms with Gasteiger partial charge in [0.1, 0.15) is 0 Å². The summed E-state index contributed by atoms with van der Waals surface area (Å²) in [4.78, 5) is 0. The van der Waals surface area contributed by atoms with Crippen molar-refractivity contribution in [2.24, 2.45) is 0 Å². The van der Waals surface area contributed by atoms with Crippen LogP contribution in [0.2, 0.25) is 0 Å². The SMILES string of the molecule is CC1(C)OB(c2ccc3c(c2)c2ccc4c(c2n3-c2ccccc2)-c2ccccc2C42c3ccccc3-c3ccccc32)OC1(C)C. The Kier molecular flexibility index (Phi) is 5.29. The molecule has 0 amide bonds. The van der Waals surface area contributed by atoms with E-state index in [2.05, 4.69) is 166 Å². The number of aromatic nitrogens is 1. The lowest BCUT2D eigenvalue weighted by atomic mass is 9.70. The molecular formula is C43H34BNO2. The first-order valence-corrected chi connectivity index (χ1v) is 16.6. The average molecular weight is 608 g/mol. The molecule has 0 atom stereocenters. The molecule has 1 aliphatic heterocycles. The third-order valence-corrected chi connectivity index (χ3v) is 11.4. The van der Waals surface area contributed by atoms with E-state index >= 15 is 0 Å². The van der Waals surface area contributed by atoms with Crippen LogP contribution in [0.3, 0.4) is 0 Å². The molecule has 2 aliphatic carbocycles. The summed E-state index contributed by atoms with van der Waals surface area (Å²) < 4.78 is 15.5. The summed E-state index contributed by atoms with van der Waals surface area (Å²) in [5.41, 5.74) is 14.1. The van der Waals surface area contributed by atoms with Crippen LogP contribution in [-0.4, -0.2) is 22.9 Å². The molecule has 10 rings (SSSR count). The molecule has 1 spiro atoms. The Morgan fingerprint density at radius 2 is 1.06 bits per heavy atom. The molecule has 4 heteroatoms. The molecular weight excluding hydrogens is 573 g/mol. The lowest BCUT2D eigenvalue weighted by Gasteiger charge is -2.32. The average Bonchev–Trinajstić information content (AvgIpc) is 3.75. The monoisotopic (exact) mass is 607 g/mol. The van der Waals surface area contributed by atoms with Crippen molar-refractivity contribution in [1.29, 1.82) is 0 Å². The second kappa shape index (κ2) is 9.13. The summed E-state index contributed by atoms with van der Waals surface area (Å²) in [5, 5.41) is 2.43. The van der Waals surface area contributed by atoms with E-state index in [4.69, 9.17) is 9.31 Å². The number of benzene rings is 6. The quantitative estimate of drug-likeness (QED) is 0.183. The Morgan fingerprint density at radius 1 is 0.511 bits per heavy atom. The van der Waals surface area contributed by atoms with Crippen molar-refractivity contribution < 1.29 is 9.31 Å². The van der Waals surface area contributed by atoms with Gasteiger partial charge in [-0.2, -0.15) is 0 Å². The summed E-state index contributed by atoms with van der Waals surface area (Å²) in [6, 6.07) is 49.4. The fourth-order valence-electron chi connectivity index (χ4n) is 8.67. The van der Waals surface area contributed by atoms with Gasteiger partial charge in [0.05, 0.1) is 27.7 Å². The van der Waals surface area contributed by atoms with Crippen molar-refractivity contribution in [2.75, 3.05) is 0 Å². The highest BCUT2D eigenvalue weighted by atomic mass is 16.7. The molecule has 226 valence electrons. The minimum Gasteiger partial charge on any atom is -0.399 e. The third kappa shape index (κ3) is 3.34. The lowest BCUT2D eigenvalue weighted by molar-refractivity contribution is 0.00578. The third-order valence-electron chi connectivity index (χ3n) is 11.4. The first kappa shape index (κ1) is 27.2. The second-order valence-electron chi connectivity index (χ2n) is 14.3. The number of hydrogen-bond acceptors (Lipinski definition) is 2. The van der Waals surface area contributed by atoms with Crippen LogP contribution in [0.15, 0.2) is 133 Å². The van der Waals surface area contributed by atoms with Crippen molar-refractivity contribution in [3.05, 3.63) is 156 Å². The lowest BCUT2D eigenvalue weighted by Crippen LogP contribution is -2.41. The van der Waals surface area contributed by atoms with Gasteiger partial charge in [-0.25, -0.2) is 0 Å². The molecule has 47 heavy (non-hydrogen) atoms. The molecule has 0 unspecified atom stereocenters. The molecule has 0 N–H and O–H groups in total. The van der Waals surface area contributed by atoms with Crippen LogP contribution in [0.5, 0.6) is 0 Å². The van der Waals surface area contributed by atoms with Crippen LogP contribution in [0.25, 0.3) is 49.7 Å².